The highest BCUT2D eigenvalue weighted by molar-refractivity contribution is 6.42. The maximum absolute atomic E-state index is 8.50. The van der Waals surface area contributed by atoms with Gasteiger partial charge in [-0.2, -0.15) is 5.26 Å². The van der Waals surface area contributed by atoms with Gasteiger partial charge in [0.2, 0.25) is 5.89 Å². The summed E-state index contributed by atoms with van der Waals surface area (Å²) < 4.78 is 5.03. The SMILES string of the molecule is N#Cc1nnc(-c2ccc(Cl)c(Cl)c2)o1. The lowest BCUT2D eigenvalue weighted by Gasteiger charge is -1.97. The summed E-state index contributed by atoms with van der Waals surface area (Å²) in [6.07, 6.45) is 0. The Morgan fingerprint density at radius 3 is 2.60 bits per heavy atom. The molecule has 0 N–H and O–H groups in total. The molecule has 0 aliphatic carbocycles. The molecule has 1 heterocycles. The van der Waals surface area contributed by atoms with Gasteiger partial charge in [0.25, 0.3) is 0 Å². The molecule has 0 atom stereocenters. The predicted octanol–water partition coefficient (Wildman–Crippen LogP) is 2.92. The Balaban J connectivity index is 2.46. The highest BCUT2D eigenvalue weighted by atomic mass is 35.5. The van der Waals surface area contributed by atoms with E-state index in [1.807, 2.05) is 0 Å². The summed E-state index contributed by atoms with van der Waals surface area (Å²) in [5, 5.41) is 16.5. The summed E-state index contributed by atoms with van der Waals surface area (Å²) in [6, 6.07) is 6.64. The fraction of sp³-hybridized carbons (Fsp3) is 0. The molecular formula is C9H3Cl2N3O. The van der Waals surface area contributed by atoms with E-state index in [9.17, 15) is 0 Å². The summed E-state index contributed by atoms with van der Waals surface area (Å²) in [7, 11) is 0. The van der Waals surface area contributed by atoms with E-state index < -0.39 is 0 Å². The third-order valence-electron chi connectivity index (χ3n) is 1.69. The number of rotatable bonds is 1. The Morgan fingerprint density at radius 2 is 2.00 bits per heavy atom. The van der Waals surface area contributed by atoms with Crippen LogP contribution in [0.4, 0.5) is 0 Å². The molecule has 1 aromatic carbocycles. The lowest BCUT2D eigenvalue weighted by atomic mass is 10.2. The van der Waals surface area contributed by atoms with Crippen LogP contribution in [0.5, 0.6) is 0 Å². The summed E-state index contributed by atoms with van der Waals surface area (Å²) in [6.45, 7) is 0. The van der Waals surface area contributed by atoms with Crippen molar-refractivity contribution in [2.24, 2.45) is 0 Å². The molecule has 0 saturated heterocycles. The molecule has 0 radical (unpaired) electrons. The van der Waals surface area contributed by atoms with Crippen molar-refractivity contribution in [2.75, 3.05) is 0 Å². The first-order valence-corrected chi connectivity index (χ1v) is 4.65. The van der Waals surface area contributed by atoms with Crippen molar-refractivity contribution >= 4 is 23.2 Å². The fourth-order valence-corrected chi connectivity index (χ4v) is 1.31. The van der Waals surface area contributed by atoms with Gasteiger partial charge in [-0.3, -0.25) is 0 Å². The molecule has 6 heteroatoms. The van der Waals surface area contributed by atoms with Gasteiger partial charge in [0.05, 0.1) is 10.0 Å². The Bertz CT molecular complexity index is 545. The van der Waals surface area contributed by atoms with Crippen LogP contribution in [0, 0.1) is 11.3 Å². The van der Waals surface area contributed by atoms with Gasteiger partial charge < -0.3 is 4.42 Å². The number of hydrogen-bond donors (Lipinski definition) is 0. The van der Waals surface area contributed by atoms with Crippen LogP contribution in [0.25, 0.3) is 11.5 Å². The van der Waals surface area contributed by atoms with Gasteiger partial charge >= 0.3 is 5.89 Å². The molecular weight excluding hydrogens is 237 g/mol. The normalized spacial score (nSPS) is 9.93. The van der Waals surface area contributed by atoms with Crippen LogP contribution >= 0.6 is 23.2 Å². The zero-order chi connectivity index (χ0) is 10.8. The zero-order valence-corrected chi connectivity index (χ0v) is 8.75. The van der Waals surface area contributed by atoms with Crippen LogP contribution in [0.15, 0.2) is 22.6 Å². The fourth-order valence-electron chi connectivity index (χ4n) is 1.01. The minimum atomic E-state index is -0.0870. The molecule has 1 aromatic heterocycles. The minimum Gasteiger partial charge on any atom is -0.408 e. The van der Waals surface area contributed by atoms with Crippen molar-refractivity contribution in [3.8, 4) is 17.5 Å². The van der Waals surface area contributed by atoms with E-state index in [4.69, 9.17) is 32.9 Å². The third kappa shape index (κ3) is 1.94. The van der Waals surface area contributed by atoms with Crippen LogP contribution in [0.3, 0.4) is 0 Å². The van der Waals surface area contributed by atoms with Gasteiger partial charge in [-0.15, -0.1) is 5.10 Å². The van der Waals surface area contributed by atoms with Crippen molar-refractivity contribution in [2.45, 2.75) is 0 Å². The van der Waals surface area contributed by atoms with Crippen LogP contribution in [-0.4, -0.2) is 10.2 Å². The van der Waals surface area contributed by atoms with Crippen LogP contribution in [0.1, 0.15) is 5.89 Å². The second-order valence-corrected chi connectivity index (χ2v) is 3.47. The lowest BCUT2D eigenvalue weighted by Crippen LogP contribution is -1.78. The number of halogens is 2. The summed E-state index contributed by atoms with van der Waals surface area (Å²) in [5.74, 6) is 0.154. The van der Waals surface area contributed by atoms with Crippen molar-refractivity contribution < 1.29 is 4.42 Å². The minimum absolute atomic E-state index is 0.0870. The second-order valence-electron chi connectivity index (χ2n) is 2.65. The van der Waals surface area contributed by atoms with E-state index in [1.165, 1.54) is 0 Å². The largest absolute Gasteiger partial charge is 0.408 e. The van der Waals surface area contributed by atoms with Gasteiger partial charge in [-0.25, -0.2) is 0 Å². The van der Waals surface area contributed by atoms with Gasteiger partial charge in [-0.05, 0) is 18.2 Å². The molecule has 0 spiro atoms. The van der Waals surface area contributed by atoms with E-state index in [0.29, 0.717) is 15.6 Å². The van der Waals surface area contributed by atoms with Gasteiger partial charge in [-0.1, -0.05) is 28.3 Å². The van der Waals surface area contributed by atoms with E-state index >= 15 is 0 Å². The molecule has 4 nitrogen and oxygen atoms in total. The first kappa shape index (κ1) is 9.97. The average Bonchev–Trinajstić information content (AvgIpc) is 2.70. The highest BCUT2D eigenvalue weighted by Crippen LogP contribution is 2.27. The number of benzene rings is 1. The van der Waals surface area contributed by atoms with E-state index in [2.05, 4.69) is 10.2 Å². The standard InChI is InChI=1S/C9H3Cl2N3O/c10-6-2-1-5(3-7(6)11)9-14-13-8(4-12)15-9/h1-3H. The molecule has 0 saturated carbocycles. The molecule has 74 valence electrons. The molecule has 2 rings (SSSR count). The van der Waals surface area contributed by atoms with Crippen molar-refractivity contribution in [3.63, 3.8) is 0 Å². The van der Waals surface area contributed by atoms with E-state index in [-0.39, 0.29) is 11.8 Å². The number of aromatic nitrogens is 2. The smallest absolute Gasteiger partial charge is 0.321 e. The maximum atomic E-state index is 8.50. The van der Waals surface area contributed by atoms with Crippen LogP contribution in [-0.2, 0) is 0 Å². The van der Waals surface area contributed by atoms with E-state index in [1.54, 1.807) is 24.3 Å². The molecule has 0 fully saturated rings. The summed E-state index contributed by atoms with van der Waals surface area (Å²) in [5.41, 5.74) is 0.624. The second kappa shape index (κ2) is 3.89. The molecule has 0 unspecified atom stereocenters. The molecule has 2 aromatic rings. The Labute approximate surface area is 95.1 Å². The monoisotopic (exact) mass is 239 g/mol. The summed E-state index contributed by atoms with van der Waals surface area (Å²) >= 11 is 11.6. The average molecular weight is 240 g/mol. The number of nitrogens with zero attached hydrogens (tertiary/aromatic N) is 3. The Kier molecular flexibility index (Phi) is 2.58. The summed E-state index contributed by atoms with van der Waals surface area (Å²) in [4.78, 5) is 0. The molecule has 0 aliphatic rings. The first-order chi connectivity index (χ1) is 7.20. The Hall–Kier alpha value is -1.57. The van der Waals surface area contributed by atoms with E-state index in [0.717, 1.165) is 0 Å². The molecule has 0 aliphatic heterocycles. The first-order valence-electron chi connectivity index (χ1n) is 3.90. The van der Waals surface area contributed by atoms with Crippen molar-refractivity contribution in [1.82, 2.24) is 10.2 Å². The maximum Gasteiger partial charge on any atom is 0.321 e. The van der Waals surface area contributed by atoms with Gasteiger partial charge in [0.15, 0.2) is 6.07 Å². The number of hydrogen-bond acceptors (Lipinski definition) is 4. The topological polar surface area (TPSA) is 62.7 Å². The predicted molar refractivity (Wildman–Crippen MR) is 54.5 cm³/mol. The lowest BCUT2D eigenvalue weighted by molar-refractivity contribution is 0.553. The van der Waals surface area contributed by atoms with Crippen LogP contribution in [0.2, 0.25) is 10.0 Å². The zero-order valence-electron chi connectivity index (χ0n) is 7.24. The highest BCUT2D eigenvalue weighted by Gasteiger charge is 2.09. The molecule has 15 heavy (non-hydrogen) atoms. The Morgan fingerprint density at radius 1 is 1.20 bits per heavy atom. The van der Waals surface area contributed by atoms with Crippen molar-refractivity contribution in [1.29, 1.82) is 5.26 Å². The molecule has 0 bridgehead atoms. The molecule has 0 amide bonds. The van der Waals surface area contributed by atoms with Gasteiger partial charge in [0, 0.05) is 5.56 Å². The quantitative estimate of drug-likeness (QED) is 0.768. The van der Waals surface area contributed by atoms with Crippen LogP contribution < -0.4 is 0 Å². The number of nitriles is 1. The van der Waals surface area contributed by atoms with Crippen molar-refractivity contribution in [3.05, 3.63) is 34.1 Å². The third-order valence-corrected chi connectivity index (χ3v) is 2.43. The van der Waals surface area contributed by atoms with Gasteiger partial charge in [0.1, 0.15) is 0 Å².